The summed E-state index contributed by atoms with van der Waals surface area (Å²) >= 11 is 0. The Hall–Kier alpha value is -4.00. The van der Waals surface area contributed by atoms with Gasteiger partial charge in [-0.2, -0.15) is 0 Å². The van der Waals surface area contributed by atoms with Crippen molar-refractivity contribution in [3.05, 3.63) is 83.8 Å². The van der Waals surface area contributed by atoms with Crippen LogP contribution in [-0.4, -0.2) is 28.5 Å². The number of amides is 1. The molecular weight excluding hydrogens is 445 g/mol. The number of fused-ring (bicyclic) bond motifs is 1. The van der Waals surface area contributed by atoms with Gasteiger partial charge in [0, 0.05) is 29.2 Å². The van der Waals surface area contributed by atoms with Gasteiger partial charge >= 0.3 is 5.97 Å². The highest BCUT2D eigenvalue weighted by Gasteiger charge is 2.15. The van der Waals surface area contributed by atoms with Gasteiger partial charge in [-0.25, -0.2) is 9.18 Å². The Labute approximate surface area is 203 Å². The van der Waals surface area contributed by atoms with Crippen LogP contribution in [0.15, 0.2) is 66.9 Å². The third-order valence-electron chi connectivity index (χ3n) is 5.57. The average Bonchev–Trinajstić information content (AvgIpc) is 3.21. The van der Waals surface area contributed by atoms with E-state index in [1.807, 2.05) is 32.0 Å². The second-order valence-corrected chi connectivity index (χ2v) is 8.85. The van der Waals surface area contributed by atoms with E-state index in [9.17, 15) is 14.0 Å². The van der Waals surface area contributed by atoms with Gasteiger partial charge in [0.1, 0.15) is 5.82 Å². The summed E-state index contributed by atoms with van der Waals surface area (Å²) in [5.74, 6) is -0.554. The van der Waals surface area contributed by atoms with E-state index >= 15 is 0 Å². The van der Waals surface area contributed by atoms with Gasteiger partial charge in [0.15, 0.2) is 0 Å². The molecule has 0 aliphatic carbocycles. The molecule has 0 saturated carbocycles. The molecular formula is C28H28FN3O3. The van der Waals surface area contributed by atoms with Crippen molar-refractivity contribution in [1.82, 2.24) is 9.97 Å². The van der Waals surface area contributed by atoms with Crippen molar-refractivity contribution in [1.29, 1.82) is 0 Å². The van der Waals surface area contributed by atoms with E-state index in [1.165, 1.54) is 12.1 Å². The Morgan fingerprint density at radius 1 is 1.09 bits per heavy atom. The SMILES string of the molecule is CC(C)COC(=O)c1ccc(NC(=O)CCCc2c(-c3ccccn3)[nH]c3ccc(F)cc23)cc1. The summed E-state index contributed by atoms with van der Waals surface area (Å²) in [6.07, 6.45) is 3.17. The molecule has 180 valence electrons. The molecule has 0 fully saturated rings. The highest BCUT2D eigenvalue weighted by molar-refractivity contribution is 5.93. The second-order valence-electron chi connectivity index (χ2n) is 8.85. The Bertz CT molecular complexity index is 1310. The quantitative estimate of drug-likeness (QED) is 0.286. The number of benzene rings is 2. The number of carbonyl (C=O) groups excluding carboxylic acids is 2. The first-order valence-electron chi connectivity index (χ1n) is 11.7. The fourth-order valence-electron chi connectivity index (χ4n) is 3.87. The molecule has 4 rings (SSSR count). The lowest BCUT2D eigenvalue weighted by molar-refractivity contribution is -0.116. The number of ether oxygens (including phenoxy) is 1. The summed E-state index contributed by atoms with van der Waals surface area (Å²) < 4.78 is 19.2. The van der Waals surface area contributed by atoms with Gasteiger partial charge in [-0.05, 0) is 78.9 Å². The number of nitrogens with zero attached hydrogens (tertiary/aromatic N) is 1. The number of nitrogens with one attached hydrogen (secondary N) is 2. The standard InChI is InChI=1S/C28H28FN3O3/c1-18(2)17-35-28(34)19-9-12-21(13-10-19)31-26(33)8-5-6-22-23-16-20(29)11-14-24(23)32-27(22)25-7-3-4-15-30-25/h3-4,7,9-16,18,32H,5-6,8,17H2,1-2H3,(H,31,33). The highest BCUT2D eigenvalue weighted by atomic mass is 19.1. The zero-order valence-electron chi connectivity index (χ0n) is 19.8. The minimum absolute atomic E-state index is 0.134. The number of hydrogen-bond acceptors (Lipinski definition) is 4. The predicted molar refractivity (Wildman–Crippen MR) is 135 cm³/mol. The van der Waals surface area contributed by atoms with Crippen molar-refractivity contribution in [3.8, 4) is 11.4 Å². The molecule has 7 heteroatoms. The summed E-state index contributed by atoms with van der Waals surface area (Å²) in [7, 11) is 0. The Morgan fingerprint density at radius 2 is 1.89 bits per heavy atom. The van der Waals surface area contributed by atoms with E-state index in [2.05, 4.69) is 15.3 Å². The Kier molecular flexibility index (Phi) is 7.55. The molecule has 2 heterocycles. The van der Waals surface area contributed by atoms with Crippen LogP contribution in [0.25, 0.3) is 22.3 Å². The molecule has 2 aromatic heterocycles. The van der Waals surface area contributed by atoms with Crippen molar-refractivity contribution in [2.75, 3.05) is 11.9 Å². The van der Waals surface area contributed by atoms with E-state index in [0.29, 0.717) is 37.1 Å². The highest BCUT2D eigenvalue weighted by Crippen LogP contribution is 2.31. The number of aromatic nitrogens is 2. The van der Waals surface area contributed by atoms with Crippen LogP contribution in [0.4, 0.5) is 10.1 Å². The number of H-pyrrole nitrogens is 1. The van der Waals surface area contributed by atoms with Crippen LogP contribution in [0.3, 0.4) is 0 Å². The average molecular weight is 474 g/mol. The van der Waals surface area contributed by atoms with E-state index < -0.39 is 0 Å². The molecule has 4 aromatic rings. The van der Waals surface area contributed by atoms with Crippen LogP contribution in [0, 0.1) is 11.7 Å². The first kappa shape index (κ1) is 24.1. The summed E-state index contributed by atoms with van der Waals surface area (Å²) in [5, 5.41) is 3.66. The molecule has 0 bridgehead atoms. The van der Waals surface area contributed by atoms with Crippen LogP contribution in [0.1, 0.15) is 42.6 Å². The minimum Gasteiger partial charge on any atom is -0.462 e. The Balaban J connectivity index is 1.39. The van der Waals surface area contributed by atoms with Crippen molar-refractivity contribution in [3.63, 3.8) is 0 Å². The molecule has 0 aliphatic heterocycles. The zero-order valence-corrected chi connectivity index (χ0v) is 19.8. The normalized spacial score (nSPS) is 11.1. The van der Waals surface area contributed by atoms with E-state index in [4.69, 9.17) is 4.74 Å². The molecule has 0 aliphatic rings. The van der Waals surface area contributed by atoms with Gasteiger partial charge in [-0.1, -0.05) is 19.9 Å². The van der Waals surface area contributed by atoms with E-state index in [0.717, 1.165) is 27.9 Å². The van der Waals surface area contributed by atoms with Gasteiger partial charge in [0.05, 0.1) is 23.6 Å². The first-order valence-corrected chi connectivity index (χ1v) is 11.7. The van der Waals surface area contributed by atoms with Crippen LogP contribution in [-0.2, 0) is 16.0 Å². The van der Waals surface area contributed by atoms with Crippen LogP contribution in [0.5, 0.6) is 0 Å². The van der Waals surface area contributed by atoms with Crippen molar-refractivity contribution in [2.24, 2.45) is 5.92 Å². The molecule has 35 heavy (non-hydrogen) atoms. The Morgan fingerprint density at radius 3 is 2.60 bits per heavy atom. The fraction of sp³-hybridized carbons (Fsp3) is 0.250. The number of aryl methyl sites for hydroxylation is 1. The first-order chi connectivity index (χ1) is 16.9. The van der Waals surface area contributed by atoms with Crippen LogP contribution < -0.4 is 5.32 Å². The summed E-state index contributed by atoms with van der Waals surface area (Å²) in [6.45, 7) is 4.31. The lowest BCUT2D eigenvalue weighted by Crippen LogP contribution is -2.12. The maximum absolute atomic E-state index is 14.0. The number of halogens is 1. The van der Waals surface area contributed by atoms with E-state index in [-0.39, 0.29) is 23.6 Å². The number of pyridine rings is 1. The predicted octanol–water partition coefficient (Wildman–Crippen LogP) is 6.14. The third kappa shape index (κ3) is 6.12. The van der Waals surface area contributed by atoms with Crippen molar-refractivity contribution < 1.29 is 18.7 Å². The molecule has 0 spiro atoms. The molecule has 1 amide bonds. The maximum atomic E-state index is 14.0. The molecule has 0 atom stereocenters. The van der Waals surface area contributed by atoms with Crippen molar-refractivity contribution in [2.45, 2.75) is 33.1 Å². The largest absolute Gasteiger partial charge is 0.462 e. The minimum atomic E-state index is -0.379. The van der Waals surface area contributed by atoms with Gasteiger partial charge in [0.2, 0.25) is 5.91 Å². The number of rotatable bonds is 9. The molecule has 0 unspecified atom stereocenters. The summed E-state index contributed by atoms with van der Waals surface area (Å²) in [4.78, 5) is 32.3. The van der Waals surface area contributed by atoms with E-state index in [1.54, 1.807) is 36.5 Å². The number of hydrogen-bond donors (Lipinski definition) is 2. The second kappa shape index (κ2) is 11.0. The number of aromatic amines is 1. The van der Waals surface area contributed by atoms with Gasteiger partial charge < -0.3 is 15.0 Å². The number of carbonyl (C=O) groups is 2. The van der Waals surface area contributed by atoms with Crippen molar-refractivity contribution >= 4 is 28.5 Å². The number of anilines is 1. The monoisotopic (exact) mass is 473 g/mol. The smallest absolute Gasteiger partial charge is 0.338 e. The fourth-order valence-corrected chi connectivity index (χ4v) is 3.87. The van der Waals surface area contributed by atoms with Crippen LogP contribution in [0.2, 0.25) is 0 Å². The topological polar surface area (TPSA) is 84.1 Å². The van der Waals surface area contributed by atoms with Gasteiger partial charge in [-0.3, -0.25) is 9.78 Å². The zero-order chi connectivity index (χ0) is 24.8. The molecule has 2 aromatic carbocycles. The summed E-state index contributed by atoms with van der Waals surface area (Å²) in [6, 6.07) is 17.0. The number of esters is 1. The maximum Gasteiger partial charge on any atom is 0.338 e. The lowest BCUT2D eigenvalue weighted by atomic mass is 10.0. The molecule has 0 radical (unpaired) electrons. The van der Waals surface area contributed by atoms with Gasteiger partial charge in [0.25, 0.3) is 0 Å². The molecule has 2 N–H and O–H groups in total. The van der Waals surface area contributed by atoms with Crippen LogP contribution >= 0.6 is 0 Å². The molecule has 0 saturated heterocycles. The lowest BCUT2D eigenvalue weighted by Gasteiger charge is -2.09. The van der Waals surface area contributed by atoms with Gasteiger partial charge in [-0.15, -0.1) is 0 Å². The summed E-state index contributed by atoms with van der Waals surface area (Å²) in [5.41, 5.74) is 4.44. The third-order valence-corrected chi connectivity index (χ3v) is 5.57. The molecule has 6 nitrogen and oxygen atoms in total.